The van der Waals surface area contributed by atoms with Gasteiger partial charge in [0.1, 0.15) is 29.7 Å². The summed E-state index contributed by atoms with van der Waals surface area (Å²) in [7, 11) is -4.46. The van der Waals surface area contributed by atoms with Crippen LogP contribution in [0.1, 0.15) is 68.6 Å². The molecule has 54 heavy (non-hydrogen) atoms. The molecular weight excluding hydrogens is 737 g/mol. The van der Waals surface area contributed by atoms with Crippen LogP contribution in [0.5, 0.6) is 0 Å². The number of carboxylic acids is 1. The number of aliphatic carboxylic acids is 1. The van der Waals surface area contributed by atoms with Crippen molar-refractivity contribution < 1.29 is 65.8 Å². The zero-order chi connectivity index (χ0) is 39.4. The van der Waals surface area contributed by atoms with Gasteiger partial charge in [0, 0.05) is 24.2 Å². The van der Waals surface area contributed by atoms with Gasteiger partial charge < -0.3 is 34.6 Å². The number of benzene rings is 2. The highest BCUT2D eigenvalue weighted by Gasteiger charge is 2.50. The maximum absolute atomic E-state index is 14.2. The Kier molecular flexibility index (Phi) is 12.4. The van der Waals surface area contributed by atoms with E-state index in [1.54, 1.807) is 13.0 Å². The predicted octanol–water partition coefficient (Wildman–Crippen LogP) is 4.68. The highest BCUT2D eigenvalue weighted by molar-refractivity contribution is 7.92. The molecule has 5 N–H and O–H groups in total. The summed E-state index contributed by atoms with van der Waals surface area (Å²) in [6, 6.07) is 16.7. The summed E-state index contributed by atoms with van der Waals surface area (Å²) in [5, 5.41) is 40.6. The van der Waals surface area contributed by atoms with E-state index in [0.717, 1.165) is 11.6 Å². The summed E-state index contributed by atoms with van der Waals surface area (Å²) in [6.07, 6.45) is -12.0. The average molecular weight is 779 g/mol. The number of ether oxygens (including phenoxy) is 3. The molecule has 0 aliphatic carbocycles. The molecule has 1 saturated heterocycles. The van der Waals surface area contributed by atoms with Crippen molar-refractivity contribution in [2.24, 2.45) is 0 Å². The Morgan fingerprint density at radius 1 is 1.02 bits per heavy atom. The molecule has 2 aromatic carbocycles. The minimum atomic E-state index is -4.72. The Balaban J connectivity index is 1.53. The van der Waals surface area contributed by atoms with Crippen LogP contribution in [0, 0.1) is 0 Å². The second-order valence-electron chi connectivity index (χ2n) is 13.2. The van der Waals surface area contributed by atoms with Crippen molar-refractivity contribution in [3.63, 3.8) is 0 Å². The maximum Gasteiger partial charge on any atom is 0.417 e. The molecule has 292 valence electrons. The van der Waals surface area contributed by atoms with Gasteiger partial charge in [0.05, 0.1) is 11.1 Å². The predicted molar refractivity (Wildman–Crippen MR) is 185 cm³/mol. The van der Waals surface area contributed by atoms with E-state index in [0.29, 0.717) is 43.5 Å². The molecule has 0 saturated carbocycles. The number of rotatable bonds is 14. The smallest absolute Gasteiger partial charge is 0.417 e. The van der Waals surface area contributed by atoms with Crippen LogP contribution in [-0.4, -0.2) is 82.1 Å². The van der Waals surface area contributed by atoms with E-state index < -0.39 is 81.0 Å². The number of carboxylic acid groups (broad SMARTS) is 1. The van der Waals surface area contributed by atoms with E-state index >= 15 is 0 Å². The first-order valence-electron chi connectivity index (χ1n) is 17.2. The minimum Gasteiger partial charge on any atom is -0.479 e. The van der Waals surface area contributed by atoms with Gasteiger partial charge in [-0.25, -0.2) is 14.6 Å². The molecule has 7 atom stereocenters. The first-order chi connectivity index (χ1) is 25.5. The molecule has 0 spiro atoms. The molecule has 0 amide bonds. The lowest BCUT2D eigenvalue weighted by Crippen LogP contribution is -2.60. The minimum absolute atomic E-state index is 0.00414. The van der Waals surface area contributed by atoms with Crippen molar-refractivity contribution in [1.82, 2.24) is 4.98 Å². The lowest BCUT2D eigenvalue weighted by Gasteiger charge is -2.43. The summed E-state index contributed by atoms with van der Waals surface area (Å²) in [5.74, 6) is -3.28. The highest BCUT2D eigenvalue weighted by Crippen LogP contribution is 2.44. The first-order valence-corrected chi connectivity index (χ1v) is 18.7. The van der Waals surface area contributed by atoms with E-state index in [9.17, 15) is 51.6 Å². The normalized spacial score (nSPS) is 25.5. The van der Waals surface area contributed by atoms with E-state index in [1.807, 2.05) is 37.3 Å². The van der Waals surface area contributed by atoms with Crippen LogP contribution in [0.2, 0.25) is 0 Å². The van der Waals surface area contributed by atoms with Crippen LogP contribution in [0.4, 0.5) is 18.9 Å². The van der Waals surface area contributed by atoms with E-state index in [4.69, 9.17) is 14.2 Å². The molecule has 1 fully saturated rings. The molecule has 2 aliphatic heterocycles. The van der Waals surface area contributed by atoms with Crippen molar-refractivity contribution in [1.29, 1.82) is 0 Å². The summed E-state index contributed by atoms with van der Waals surface area (Å²) in [4.78, 5) is 29.6. The second-order valence-corrected chi connectivity index (χ2v) is 14.9. The molecule has 3 aromatic rings. The van der Waals surface area contributed by atoms with Gasteiger partial charge in [-0.15, -0.1) is 0 Å². The summed E-state index contributed by atoms with van der Waals surface area (Å²) in [6.45, 7) is 3.64. The number of pyridine rings is 1. The van der Waals surface area contributed by atoms with Crippen molar-refractivity contribution in [2.75, 3.05) is 4.72 Å². The summed E-state index contributed by atoms with van der Waals surface area (Å²) in [5.41, 5.74) is -0.909. The number of nitrogens with zero attached hydrogens (tertiary/aromatic N) is 1. The zero-order valence-corrected chi connectivity index (χ0v) is 30.1. The van der Waals surface area contributed by atoms with Crippen molar-refractivity contribution >= 4 is 27.6 Å². The van der Waals surface area contributed by atoms with Gasteiger partial charge in [-0.05, 0) is 61.1 Å². The number of esters is 1. The second kappa shape index (κ2) is 16.4. The van der Waals surface area contributed by atoms with Gasteiger partial charge >= 0.3 is 18.1 Å². The fourth-order valence-electron chi connectivity index (χ4n) is 6.74. The number of alkyl halides is 3. The molecule has 2 aliphatic rings. The van der Waals surface area contributed by atoms with Crippen LogP contribution >= 0.6 is 0 Å². The number of carbonyl (C=O) groups excluding carboxylic acids is 1. The van der Waals surface area contributed by atoms with Gasteiger partial charge in [-0.2, -0.15) is 21.6 Å². The topological polar surface area (TPSA) is 202 Å². The van der Waals surface area contributed by atoms with Gasteiger partial charge in [-0.1, -0.05) is 62.7 Å². The number of aliphatic hydroxyl groups excluding tert-OH is 3. The van der Waals surface area contributed by atoms with Gasteiger partial charge in [0.2, 0.25) is 6.29 Å². The van der Waals surface area contributed by atoms with Crippen molar-refractivity contribution in [3.05, 3.63) is 101 Å². The number of anilines is 1. The summed E-state index contributed by atoms with van der Waals surface area (Å²) >= 11 is 0. The molecule has 13 nitrogen and oxygen atoms in total. The highest BCUT2D eigenvalue weighted by atomic mass is 32.2. The lowest BCUT2D eigenvalue weighted by atomic mass is 9.79. The van der Waals surface area contributed by atoms with E-state index in [-0.39, 0.29) is 29.9 Å². The average Bonchev–Trinajstić information content (AvgIpc) is 3.12. The van der Waals surface area contributed by atoms with E-state index in [1.165, 1.54) is 18.2 Å². The summed E-state index contributed by atoms with van der Waals surface area (Å²) < 4.78 is 85.5. The van der Waals surface area contributed by atoms with Crippen LogP contribution in [0.15, 0.2) is 89.3 Å². The molecule has 0 radical (unpaired) electrons. The fraction of sp³-hybridized carbons (Fsp3) is 0.432. The number of aliphatic hydroxyl groups is 3. The Labute approximate surface area is 309 Å². The first kappa shape index (κ1) is 40.6. The number of nitrogens with one attached hydrogen (secondary N) is 1. The largest absolute Gasteiger partial charge is 0.479 e. The van der Waals surface area contributed by atoms with Crippen molar-refractivity contribution in [2.45, 2.75) is 106 Å². The number of hydrogen-bond acceptors (Lipinski definition) is 11. The number of cyclic esters (lactones) is 1. The van der Waals surface area contributed by atoms with Gasteiger partial charge in [0.15, 0.2) is 11.1 Å². The Hall–Kier alpha value is -4.55. The number of aromatic nitrogens is 1. The molecule has 5 rings (SSSR count). The SMILES string of the molecule is CCC[C@@]1(CCc2ccccc2)CC(O[C@@H]2OC(C(=O)O)[C@@H](O)[C@H](O)[C@@H]2O)=C([C@H](CC)c2cccc(NS(=O)(=O)c3ccc(C(F)(F)F)cn3)c2)C(=O)O1. The molecule has 3 heterocycles. The van der Waals surface area contributed by atoms with Gasteiger partial charge in [0.25, 0.3) is 10.0 Å². The van der Waals surface area contributed by atoms with E-state index in [2.05, 4.69) is 9.71 Å². The molecule has 0 bridgehead atoms. The third-order valence-electron chi connectivity index (χ3n) is 9.44. The van der Waals surface area contributed by atoms with Crippen LogP contribution in [-0.2, 0) is 46.4 Å². The molecule has 17 heteroatoms. The monoisotopic (exact) mass is 778 g/mol. The number of aryl methyl sites for hydroxylation is 1. The zero-order valence-electron chi connectivity index (χ0n) is 29.3. The molecule has 1 aromatic heterocycles. The molecular formula is C37H41F3N2O11S. The molecule has 1 unspecified atom stereocenters. The Morgan fingerprint density at radius 3 is 2.35 bits per heavy atom. The number of carbonyl (C=O) groups is 2. The number of sulfonamides is 1. The Morgan fingerprint density at radius 2 is 1.74 bits per heavy atom. The Bertz CT molecular complexity index is 1940. The van der Waals surface area contributed by atoms with Crippen molar-refractivity contribution in [3.8, 4) is 0 Å². The van der Waals surface area contributed by atoms with Crippen LogP contribution in [0.25, 0.3) is 0 Å². The number of halogens is 3. The van der Waals surface area contributed by atoms with Gasteiger partial charge in [-0.3, -0.25) is 4.72 Å². The maximum atomic E-state index is 14.2. The third-order valence-corrected chi connectivity index (χ3v) is 10.7. The standard InChI is InChI=1S/C37H41F3N2O11S/c1-3-16-36(17-15-21-9-6-5-7-10-21)19-26(51-35-31(45)29(43)30(44)32(52-35)33(46)47)28(34(48)53-36)25(4-2)22-11-8-12-24(18-22)42-54(49,50)27-14-13-23(20-41-27)37(38,39)40/h5-14,18,20,25,29-32,35,42-45H,3-4,15-17,19H2,1-2H3,(H,46,47)/t25-,29+,30+,31+,32?,35-,36-/m1/s1. The number of hydrogen-bond donors (Lipinski definition) is 5. The quantitative estimate of drug-likeness (QED) is 0.142. The van der Waals surface area contributed by atoms with Crippen LogP contribution < -0.4 is 4.72 Å². The lowest BCUT2D eigenvalue weighted by molar-refractivity contribution is -0.287. The third kappa shape index (κ3) is 9.03. The fourth-order valence-corrected chi connectivity index (χ4v) is 7.72. The van der Waals surface area contributed by atoms with Crippen LogP contribution in [0.3, 0.4) is 0 Å².